The summed E-state index contributed by atoms with van der Waals surface area (Å²) in [6.07, 6.45) is 2.07. The Hall–Kier alpha value is -1.95. The highest BCUT2D eigenvalue weighted by molar-refractivity contribution is 5.93. The van der Waals surface area contributed by atoms with Gasteiger partial charge in [-0.05, 0) is 31.9 Å². The minimum Gasteiger partial charge on any atom is -0.348 e. The predicted octanol–water partition coefficient (Wildman–Crippen LogP) is -0.0540. The number of hydrogen-bond acceptors (Lipinski definition) is 2. The van der Waals surface area contributed by atoms with Gasteiger partial charge in [0.05, 0.1) is 12.7 Å². The van der Waals surface area contributed by atoms with Gasteiger partial charge in [0.2, 0.25) is 0 Å². The number of halogens is 1. The summed E-state index contributed by atoms with van der Waals surface area (Å²) >= 11 is 0. The average molecular weight is 294 g/mol. The molecule has 1 unspecified atom stereocenters. The molecule has 2 amide bonds. The van der Waals surface area contributed by atoms with E-state index in [4.69, 9.17) is 0 Å². The number of carbonyl (C=O) groups excluding carboxylic acids is 2. The molecule has 1 aromatic carbocycles. The highest BCUT2D eigenvalue weighted by atomic mass is 19.1. The zero-order valence-electron chi connectivity index (χ0n) is 12.3. The standard InChI is InChI=1S/C15H20FN3O2/c1-10(19(2)9-14(20)17-11-7-8-11)15(21)18-13-6-4-3-5-12(13)16/h3-6,10-11H,7-9H2,1-2H3,(H,17,20)(H,18,21)/p+1/t10-/m0/s1. The molecule has 1 saturated carbocycles. The van der Waals surface area contributed by atoms with Gasteiger partial charge >= 0.3 is 0 Å². The lowest BCUT2D eigenvalue weighted by molar-refractivity contribution is -0.885. The topological polar surface area (TPSA) is 62.6 Å². The van der Waals surface area contributed by atoms with Crippen LogP contribution in [0.15, 0.2) is 24.3 Å². The summed E-state index contributed by atoms with van der Waals surface area (Å²) in [4.78, 5) is 24.6. The molecule has 2 atom stereocenters. The molecular formula is C15H21FN3O2+. The number of nitrogens with one attached hydrogen (secondary N) is 3. The van der Waals surface area contributed by atoms with Crippen LogP contribution in [0.1, 0.15) is 19.8 Å². The summed E-state index contributed by atoms with van der Waals surface area (Å²) in [5.74, 6) is -0.834. The first-order valence-corrected chi connectivity index (χ1v) is 7.14. The zero-order chi connectivity index (χ0) is 15.4. The molecule has 1 aliphatic carbocycles. The highest BCUT2D eigenvalue weighted by Gasteiger charge is 2.28. The summed E-state index contributed by atoms with van der Waals surface area (Å²) in [5, 5.41) is 5.44. The minimum atomic E-state index is -0.470. The second-order valence-corrected chi connectivity index (χ2v) is 5.56. The van der Waals surface area contributed by atoms with Gasteiger partial charge in [-0.3, -0.25) is 9.59 Å². The van der Waals surface area contributed by atoms with Crippen LogP contribution < -0.4 is 15.5 Å². The Labute approximate surface area is 123 Å². The molecule has 3 N–H and O–H groups in total. The number of carbonyl (C=O) groups is 2. The second-order valence-electron chi connectivity index (χ2n) is 5.56. The first-order valence-electron chi connectivity index (χ1n) is 7.14. The highest BCUT2D eigenvalue weighted by Crippen LogP contribution is 2.18. The van der Waals surface area contributed by atoms with Gasteiger partial charge in [0.25, 0.3) is 11.8 Å². The van der Waals surface area contributed by atoms with E-state index in [2.05, 4.69) is 10.6 Å². The van der Waals surface area contributed by atoms with Crippen LogP contribution in [0.3, 0.4) is 0 Å². The van der Waals surface area contributed by atoms with Crippen molar-refractivity contribution in [1.82, 2.24) is 5.32 Å². The zero-order valence-corrected chi connectivity index (χ0v) is 12.3. The number of amides is 2. The van der Waals surface area contributed by atoms with Gasteiger partial charge in [0, 0.05) is 6.04 Å². The number of anilines is 1. The molecule has 6 heteroatoms. The third kappa shape index (κ3) is 4.53. The van der Waals surface area contributed by atoms with E-state index in [0.29, 0.717) is 6.04 Å². The fraction of sp³-hybridized carbons (Fsp3) is 0.467. The number of benzene rings is 1. The molecule has 5 nitrogen and oxygen atoms in total. The molecule has 1 aromatic rings. The minimum absolute atomic E-state index is 0.0551. The van der Waals surface area contributed by atoms with Gasteiger partial charge in [0.1, 0.15) is 5.82 Å². The van der Waals surface area contributed by atoms with Crippen LogP contribution in [-0.4, -0.2) is 37.5 Å². The quantitative estimate of drug-likeness (QED) is 0.689. The van der Waals surface area contributed by atoms with Crippen molar-refractivity contribution in [2.45, 2.75) is 31.8 Å². The fourth-order valence-corrected chi connectivity index (χ4v) is 1.94. The van der Waals surface area contributed by atoms with Crippen LogP contribution in [-0.2, 0) is 9.59 Å². The Bertz CT molecular complexity index is 531. The Morgan fingerprint density at radius 1 is 1.38 bits per heavy atom. The first-order chi connectivity index (χ1) is 9.97. The number of quaternary nitrogens is 1. The maximum absolute atomic E-state index is 13.5. The maximum atomic E-state index is 13.5. The van der Waals surface area contributed by atoms with Gasteiger partial charge in [-0.2, -0.15) is 0 Å². The Morgan fingerprint density at radius 2 is 2.05 bits per heavy atom. The Kier molecular flexibility index (Phi) is 4.90. The van der Waals surface area contributed by atoms with E-state index in [1.54, 1.807) is 26.1 Å². The maximum Gasteiger partial charge on any atom is 0.282 e. The lowest BCUT2D eigenvalue weighted by Gasteiger charge is -2.20. The van der Waals surface area contributed by atoms with E-state index in [9.17, 15) is 14.0 Å². The molecule has 0 heterocycles. The van der Waals surface area contributed by atoms with Crippen molar-refractivity contribution in [3.05, 3.63) is 30.1 Å². The van der Waals surface area contributed by atoms with E-state index in [0.717, 1.165) is 17.7 Å². The van der Waals surface area contributed by atoms with Crippen LogP contribution in [0.4, 0.5) is 10.1 Å². The molecule has 114 valence electrons. The summed E-state index contributed by atoms with van der Waals surface area (Å²) in [6.45, 7) is 1.94. The van der Waals surface area contributed by atoms with Crippen LogP contribution in [0.2, 0.25) is 0 Å². The van der Waals surface area contributed by atoms with Gasteiger partial charge in [-0.1, -0.05) is 12.1 Å². The molecule has 0 spiro atoms. The predicted molar refractivity (Wildman–Crippen MR) is 77.4 cm³/mol. The van der Waals surface area contributed by atoms with E-state index in [1.807, 2.05) is 0 Å². The second kappa shape index (κ2) is 6.67. The summed E-state index contributed by atoms with van der Waals surface area (Å²) in [6, 6.07) is 5.88. The summed E-state index contributed by atoms with van der Waals surface area (Å²) in [5.41, 5.74) is 0.157. The average Bonchev–Trinajstić information content (AvgIpc) is 3.24. The van der Waals surface area contributed by atoms with Crippen molar-refractivity contribution in [2.24, 2.45) is 0 Å². The molecule has 0 aromatic heterocycles. The van der Waals surface area contributed by atoms with Gasteiger partial charge < -0.3 is 15.5 Å². The van der Waals surface area contributed by atoms with Crippen molar-refractivity contribution in [3.63, 3.8) is 0 Å². The number of likely N-dealkylation sites (N-methyl/N-ethyl adjacent to an activating group) is 1. The molecule has 0 aliphatic heterocycles. The van der Waals surface area contributed by atoms with E-state index in [1.165, 1.54) is 12.1 Å². The monoisotopic (exact) mass is 294 g/mol. The smallest absolute Gasteiger partial charge is 0.282 e. The SMILES string of the molecule is C[C@@H](C(=O)Nc1ccccc1F)[NH+](C)CC(=O)NC1CC1. The van der Waals surface area contributed by atoms with Crippen LogP contribution in [0, 0.1) is 5.82 Å². The van der Waals surface area contributed by atoms with Crippen molar-refractivity contribution in [2.75, 3.05) is 18.9 Å². The fourth-order valence-electron chi connectivity index (χ4n) is 1.94. The largest absolute Gasteiger partial charge is 0.348 e. The van der Waals surface area contributed by atoms with E-state index >= 15 is 0 Å². The normalized spacial score (nSPS) is 16.9. The summed E-state index contributed by atoms with van der Waals surface area (Å²) < 4.78 is 13.5. The van der Waals surface area contributed by atoms with Gasteiger partial charge in [0.15, 0.2) is 12.6 Å². The van der Waals surface area contributed by atoms with Gasteiger partial charge in [-0.15, -0.1) is 0 Å². The van der Waals surface area contributed by atoms with Crippen LogP contribution in [0.5, 0.6) is 0 Å². The lowest BCUT2D eigenvalue weighted by Crippen LogP contribution is -3.15. The molecule has 1 fully saturated rings. The molecule has 0 radical (unpaired) electrons. The van der Waals surface area contributed by atoms with Gasteiger partial charge in [-0.25, -0.2) is 4.39 Å². The van der Waals surface area contributed by atoms with Crippen molar-refractivity contribution in [3.8, 4) is 0 Å². The van der Waals surface area contributed by atoms with E-state index < -0.39 is 11.9 Å². The van der Waals surface area contributed by atoms with Crippen molar-refractivity contribution < 1.29 is 18.9 Å². The molecule has 21 heavy (non-hydrogen) atoms. The number of rotatable bonds is 6. The Balaban J connectivity index is 1.85. The molecule has 2 rings (SSSR count). The van der Waals surface area contributed by atoms with Crippen LogP contribution in [0.25, 0.3) is 0 Å². The number of hydrogen-bond donors (Lipinski definition) is 3. The number of para-hydroxylation sites is 1. The lowest BCUT2D eigenvalue weighted by atomic mass is 10.2. The van der Waals surface area contributed by atoms with Crippen molar-refractivity contribution in [1.29, 1.82) is 0 Å². The molecule has 0 saturated heterocycles. The first kappa shape index (κ1) is 15.4. The molecule has 1 aliphatic rings. The third-order valence-electron chi connectivity index (χ3n) is 3.65. The molecule has 0 bridgehead atoms. The van der Waals surface area contributed by atoms with Crippen LogP contribution >= 0.6 is 0 Å². The van der Waals surface area contributed by atoms with E-state index in [-0.39, 0.29) is 24.0 Å². The Morgan fingerprint density at radius 3 is 2.67 bits per heavy atom. The molecular weight excluding hydrogens is 273 g/mol. The van der Waals surface area contributed by atoms with Crippen molar-refractivity contribution >= 4 is 17.5 Å². The third-order valence-corrected chi connectivity index (χ3v) is 3.65. The summed E-state index contributed by atoms with van der Waals surface area (Å²) in [7, 11) is 1.78.